The third kappa shape index (κ3) is 1.71. The van der Waals surface area contributed by atoms with Crippen LogP contribution in [0, 0.1) is 17.6 Å². The first-order valence-electron chi connectivity index (χ1n) is 4.98. The third-order valence-corrected chi connectivity index (χ3v) is 2.69. The Balaban J connectivity index is 2.52. The van der Waals surface area contributed by atoms with E-state index in [2.05, 4.69) is 0 Å². The second-order valence-corrected chi connectivity index (χ2v) is 4.03. The molecule has 1 unspecified atom stereocenters. The van der Waals surface area contributed by atoms with Crippen LogP contribution in [0.1, 0.15) is 18.9 Å². The van der Waals surface area contributed by atoms with Gasteiger partial charge in [-0.2, -0.15) is 0 Å². The molecule has 0 spiro atoms. The molecule has 2 nitrogen and oxygen atoms in total. The molecule has 0 amide bonds. The standard InChI is InChI=1S/C12H11F2NO/c1-6-2-10(15)11(12(6)16)7-3-8(13)5-9(14)4-7/h3-6H,2,15H2,1H3. The molecule has 2 rings (SSSR count). The predicted octanol–water partition coefficient (Wildman–Crippen LogP) is 2.24. The summed E-state index contributed by atoms with van der Waals surface area (Å²) in [6.07, 6.45) is 0.451. The summed E-state index contributed by atoms with van der Waals surface area (Å²) in [7, 11) is 0. The van der Waals surface area contributed by atoms with Gasteiger partial charge in [0.25, 0.3) is 0 Å². The van der Waals surface area contributed by atoms with Crippen molar-refractivity contribution >= 4 is 11.4 Å². The molecule has 0 heterocycles. The van der Waals surface area contributed by atoms with E-state index in [0.717, 1.165) is 18.2 Å². The second-order valence-electron chi connectivity index (χ2n) is 4.03. The highest BCUT2D eigenvalue weighted by Crippen LogP contribution is 2.32. The zero-order valence-electron chi connectivity index (χ0n) is 8.76. The van der Waals surface area contributed by atoms with Gasteiger partial charge in [0, 0.05) is 23.3 Å². The molecule has 84 valence electrons. The van der Waals surface area contributed by atoms with Crippen LogP contribution in [-0.2, 0) is 4.79 Å². The maximum atomic E-state index is 13.0. The van der Waals surface area contributed by atoms with E-state index in [1.165, 1.54) is 0 Å². The Bertz CT molecular complexity index is 474. The van der Waals surface area contributed by atoms with Gasteiger partial charge in [0.1, 0.15) is 11.6 Å². The van der Waals surface area contributed by atoms with Crippen LogP contribution in [0.15, 0.2) is 23.9 Å². The molecule has 0 aliphatic heterocycles. The van der Waals surface area contributed by atoms with Crippen molar-refractivity contribution < 1.29 is 13.6 Å². The summed E-state index contributed by atoms with van der Waals surface area (Å²) in [6.45, 7) is 1.75. The number of ketones is 1. The Morgan fingerprint density at radius 3 is 2.25 bits per heavy atom. The maximum absolute atomic E-state index is 13.0. The monoisotopic (exact) mass is 223 g/mol. The fraction of sp³-hybridized carbons (Fsp3) is 0.250. The van der Waals surface area contributed by atoms with Crippen LogP contribution in [0.25, 0.3) is 5.57 Å². The number of carbonyl (C=O) groups is 1. The highest BCUT2D eigenvalue weighted by Gasteiger charge is 2.29. The third-order valence-electron chi connectivity index (χ3n) is 2.69. The van der Waals surface area contributed by atoms with E-state index in [-0.39, 0.29) is 22.8 Å². The molecule has 1 aliphatic carbocycles. The zero-order chi connectivity index (χ0) is 11.9. The lowest BCUT2D eigenvalue weighted by molar-refractivity contribution is -0.116. The topological polar surface area (TPSA) is 43.1 Å². The van der Waals surface area contributed by atoms with E-state index in [0.29, 0.717) is 12.1 Å². The van der Waals surface area contributed by atoms with Crippen LogP contribution in [0.5, 0.6) is 0 Å². The first-order valence-corrected chi connectivity index (χ1v) is 4.98. The fourth-order valence-electron chi connectivity index (χ4n) is 1.96. The molecular weight excluding hydrogens is 212 g/mol. The summed E-state index contributed by atoms with van der Waals surface area (Å²) in [5.74, 6) is -1.77. The highest BCUT2D eigenvalue weighted by molar-refractivity contribution is 6.24. The van der Waals surface area contributed by atoms with Gasteiger partial charge in [-0.3, -0.25) is 4.79 Å². The molecule has 1 aromatic rings. The molecule has 0 fully saturated rings. The lowest BCUT2D eigenvalue weighted by Gasteiger charge is -2.04. The van der Waals surface area contributed by atoms with Gasteiger partial charge in [0.05, 0.1) is 0 Å². The van der Waals surface area contributed by atoms with Crippen LogP contribution in [0.3, 0.4) is 0 Å². The average Bonchev–Trinajstić information content (AvgIpc) is 2.39. The lowest BCUT2D eigenvalue weighted by Crippen LogP contribution is -2.05. The molecule has 0 saturated carbocycles. The number of nitrogens with two attached hydrogens (primary N) is 1. The van der Waals surface area contributed by atoms with Crippen LogP contribution >= 0.6 is 0 Å². The Morgan fingerprint density at radius 2 is 1.81 bits per heavy atom. The molecule has 2 N–H and O–H groups in total. The summed E-state index contributed by atoms with van der Waals surface area (Å²) in [4.78, 5) is 11.8. The van der Waals surface area contributed by atoms with Crippen molar-refractivity contribution in [2.75, 3.05) is 0 Å². The first kappa shape index (κ1) is 10.8. The van der Waals surface area contributed by atoms with Crippen molar-refractivity contribution in [3.05, 3.63) is 41.1 Å². The molecule has 4 heteroatoms. The van der Waals surface area contributed by atoms with E-state index in [4.69, 9.17) is 5.73 Å². The number of allylic oxidation sites excluding steroid dienone is 2. The van der Waals surface area contributed by atoms with Gasteiger partial charge in [-0.1, -0.05) is 6.92 Å². The Morgan fingerprint density at radius 1 is 1.25 bits per heavy atom. The Hall–Kier alpha value is -1.71. The van der Waals surface area contributed by atoms with Crippen LogP contribution in [0.4, 0.5) is 8.78 Å². The summed E-state index contributed by atoms with van der Waals surface area (Å²) >= 11 is 0. The van der Waals surface area contributed by atoms with Gasteiger partial charge in [-0.05, 0) is 24.1 Å². The zero-order valence-corrected chi connectivity index (χ0v) is 8.76. The van der Waals surface area contributed by atoms with E-state index in [1.54, 1.807) is 6.92 Å². The van der Waals surface area contributed by atoms with E-state index >= 15 is 0 Å². The summed E-state index contributed by atoms with van der Waals surface area (Å²) < 4.78 is 26.0. The summed E-state index contributed by atoms with van der Waals surface area (Å²) in [5.41, 5.74) is 6.59. The molecule has 0 bridgehead atoms. The van der Waals surface area contributed by atoms with Crippen molar-refractivity contribution in [2.24, 2.45) is 11.7 Å². The van der Waals surface area contributed by atoms with Crippen molar-refractivity contribution in [1.29, 1.82) is 0 Å². The Kier molecular flexibility index (Phi) is 2.50. The van der Waals surface area contributed by atoms with Gasteiger partial charge in [0.15, 0.2) is 5.78 Å². The molecule has 16 heavy (non-hydrogen) atoms. The predicted molar refractivity (Wildman–Crippen MR) is 56.3 cm³/mol. The van der Waals surface area contributed by atoms with Crippen molar-refractivity contribution in [1.82, 2.24) is 0 Å². The Labute approximate surface area is 91.8 Å². The number of hydrogen-bond donors (Lipinski definition) is 1. The van der Waals surface area contributed by atoms with Crippen LogP contribution in [-0.4, -0.2) is 5.78 Å². The number of rotatable bonds is 1. The average molecular weight is 223 g/mol. The minimum absolute atomic E-state index is 0.150. The van der Waals surface area contributed by atoms with Crippen molar-refractivity contribution in [2.45, 2.75) is 13.3 Å². The van der Waals surface area contributed by atoms with E-state index in [1.807, 2.05) is 0 Å². The maximum Gasteiger partial charge on any atom is 0.168 e. The molecule has 0 aromatic heterocycles. The van der Waals surface area contributed by atoms with Gasteiger partial charge < -0.3 is 5.73 Å². The smallest absolute Gasteiger partial charge is 0.168 e. The minimum Gasteiger partial charge on any atom is -0.401 e. The van der Waals surface area contributed by atoms with Crippen molar-refractivity contribution in [3.63, 3.8) is 0 Å². The lowest BCUT2D eigenvalue weighted by atomic mass is 10.0. The molecule has 1 aliphatic rings. The van der Waals surface area contributed by atoms with Gasteiger partial charge in [-0.25, -0.2) is 8.78 Å². The van der Waals surface area contributed by atoms with E-state index in [9.17, 15) is 13.6 Å². The quantitative estimate of drug-likeness (QED) is 0.793. The largest absolute Gasteiger partial charge is 0.401 e. The van der Waals surface area contributed by atoms with Crippen LogP contribution in [0.2, 0.25) is 0 Å². The SMILES string of the molecule is CC1CC(N)=C(c2cc(F)cc(F)c2)C1=O. The molecule has 0 saturated heterocycles. The number of carbonyl (C=O) groups excluding carboxylic acids is 1. The molecule has 1 atom stereocenters. The summed E-state index contributed by atoms with van der Waals surface area (Å²) in [5, 5.41) is 0. The van der Waals surface area contributed by atoms with Gasteiger partial charge in [0.2, 0.25) is 0 Å². The number of halogens is 2. The fourth-order valence-corrected chi connectivity index (χ4v) is 1.96. The van der Waals surface area contributed by atoms with Crippen LogP contribution < -0.4 is 5.73 Å². The molecular formula is C12H11F2NO. The van der Waals surface area contributed by atoms with Gasteiger partial charge in [-0.15, -0.1) is 0 Å². The molecule has 1 aromatic carbocycles. The second kappa shape index (κ2) is 3.70. The minimum atomic E-state index is -0.706. The first-order chi connectivity index (χ1) is 7.49. The number of Topliss-reactive ketones (excluding diaryl/α,β-unsaturated/α-hetero) is 1. The number of benzene rings is 1. The van der Waals surface area contributed by atoms with Crippen molar-refractivity contribution in [3.8, 4) is 0 Å². The molecule has 0 radical (unpaired) electrons. The van der Waals surface area contributed by atoms with E-state index < -0.39 is 11.6 Å². The normalized spacial score (nSPS) is 20.7. The van der Waals surface area contributed by atoms with Gasteiger partial charge >= 0.3 is 0 Å². The summed E-state index contributed by atoms with van der Waals surface area (Å²) in [6, 6.07) is 3.02. The number of hydrogen-bond acceptors (Lipinski definition) is 2. The highest BCUT2D eigenvalue weighted by atomic mass is 19.1.